The largest absolute Gasteiger partial charge is 0.352 e. The molecule has 3 aromatic rings. The van der Waals surface area contributed by atoms with E-state index in [9.17, 15) is 4.79 Å². The molecule has 0 bridgehead atoms. The van der Waals surface area contributed by atoms with Crippen LogP contribution >= 0.6 is 23.4 Å². The number of carbonyl (C=O) groups is 1. The number of hydrogen-bond donors (Lipinski definition) is 1. The number of pyridine rings is 1. The summed E-state index contributed by atoms with van der Waals surface area (Å²) in [4.78, 5) is 21.5. The smallest absolute Gasteiger partial charge is 0.252 e. The van der Waals surface area contributed by atoms with E-state index in [1.807, 2.05) is 54.6 Å². The monoisotopic (exact) mass is 467 g/mol. The fourth-order valence-electron chi connectivity index (χ4n) is 4.44. The number of nitrogens with zero attached hydrogens (tertiary/aromatic N) is 2. The van der Waals surface area contributed by atoms with E-state index in [4.69, 9.17) is 16.6 Å². The molecule has 0 saturated carbocycles. The summed E-state index contributed by atoms with van der Waals surface area (Å²) in [5.74, 6) is -0.0396. The SMILES string of the molecule is CC[C@@H]1CCCCN1CCCNC(=O)c1cc(Sc2cccc(Cl)c2)nc2ccccc12. The quantitative estimate of drug-likeness (QED) is 0.388. The van der Waals surface area contributed by atoms with Crippen LogP contribution in [-0.2, 0) is 0 Å². The predicted octanol–water partition coefficient (Wildman–Crippen LogP) is 6.42. The van der Waals surface area contributed by atoms with Gasteiger partial charge in [-0.1, -0.05) is 61.0 Å². The van der Waals surface area contributed by atoms with Crippen molar-refractivity contribution >= 4 is 40.2 Å². The van der Waals surface area contributed by atoms with Crippen molar-refractivity contribution in [1.29, 1.82) is 0 Å². The molecule has 32 heavy (non-hydrogen) atoms. The summed E-state index contributed by atoms with van der Waals surface area (Å²) in [5.41, 5.74) is 1.49. The molecule has 1 aliphatic rings. The molecule has 2 heterocycles. The van der Waals surface area contributed by atoms with Gasteiger partial charge in [-0.15, -0.1) is 0 Å². The van der Waals surface area contributed by atoms with E-state index in [0.717, 1.165) is 33.8 Å². The molecular weight excluding hydrogens is 438 g/mol. The predicted molar refractivity (Wildman–Crippen MR) is 134 cm³/mol. The lowest BCUT2D eigenvalue weighted by atomic mass is 10.00. The number of amides is 1. The summed E-state index contributed by atoms with van der Waals surface area (Å²) >= 11 is 7.65. The summed E-state index contributed by atoms with van der Waals surface area (Å²) < 4.78 is 0. The minimum atomic E-state index is -0.0396. The van der Waals surface area contributed by atoms with Crippen molar-refractivity contribution in [3.05, 3.63) is 65.2 Å². The Hall–Kier alpha value is -2.08. The van der Waals surface area contributed by atoms with Crippen LogP contribution in [0.25, 0.3) is 10.9 Å². The molecule has 0 spiro atoms. The minimum absolute atomic E-state index is 0.0396. The van der Waals surface area contributed by atoms with Crippen LogP contribution in [0.1, 0.15) is 49.4 Å². The molecule has 4 nitrogen and oxygen atoms in total. The topological polar surface area (TPSA) is 45.2 Å². The Balaban J connectivity index is 1.44. The Labute approximate surface area is 199 Å². The van der Waals surface area contributed by atoms with E-state index < -0.39 is 0 Å². The first-order valence-electron chi connectivity index (χ1n) is 11.5. The molecule has 2 aromatic carbocycles. The van der Waals surface area contributed by atoms with Gasteiger partial charge in [-0.25, -0.2) is 4.98 Å². The van der Waals surface area contributed by atoms with Crippen LogP contribution in [0, 0.1) is 0 Å². The third-order valence-corrected chi connectivity index (χ3v) is 7.23. The first-order valence-corrected chi connectivity index (χ1v) is 12.7. The minimum Gasteiger partial charge on any atom is -0.352 e. The maximum Gasteiger partial charge on any atom is 0.252 e. The lowest BCUT2D eigenvalue weighted by molar-refractivity contribution is 0.0948. The van der Waals surface area contributed by atoms with Crippen LogP contribution in [0.5, 0.6) is 0 Å². The van der Waals surface area contributed by atoms with Gasteiger partial charge in [0, 0.05) is 34.4 Å². The Morgan fingerprint density at radius 2 is 2.06 bits per heavy atom. The molecule has 0 unspecified atom stereocenters. The molecule has 1 atom stereocenters. The Morgan fingerprint density at radius 3 is 2.91 bits per heavy atom. The normalized spacial score (nSPS) is 16.9. The molecule has 168 valence electrons. The van der Waals surface area contributed by atoms with E-state index in [1.165, 1.54) is 44.0 Å². The second-order valence-electron chi connectivity index (χ2n) is 8.29. The zero-order valence-electron chi connectivity index (χ0n) is 18.5. The molecule has 0 radical (unpaired) electrons. The van der Waals surface area contributed by atoms with Crippen LogP contribution in [0.15, 0.2) is 64.5 Å². The van der Waals surface area contributed by atoms with Crippen molar-refractivity contribution in [2.75, 3.05) is 19.6 Å². The van der Waals surface area contributed by atoms with E-state index in [1.54, 1.807) is 0 Å². The second kappa shape index (κ2) is 11.2. The van der Waals surface area contributed by atoms with Gasteiger partial charge >= 0.3 is 0 Å². The average Bonchev–Trinajstić information content (AvgIpc) is 2.81. The number of aromatic nitrogens is 1. The third kappa shape index (κ3) is 5.83. The fraction of sp³-hybridized carbons (Fsp3) is 0.385. The van der Waals surface area contributed by atoms with E-state index in [2.05, 4.69) is 17.1 Å². The lowest BCUT2D eigenvalue weighted by Gasteiger charge is -2.35. The number of halogens is 1. The number of fused-ring (bicyclic) bond motifs is 1. The standard InChI is InChI=1S/C26H30ClN3OS/c1-2-20-10-5-6-15-30(20)16-8-14-28-26(31)23-18-25(29-24-13-4-3-12-22(23)24)32-21-11-7-9-19(27)17-21/h3-4,7,9,11-13,17-18,20H,2,5-6,8,10,14-16H2,1H3,(H,28,31)/t20-/m1/s1. The number of benzene rings is 2. The Morgan fingerprint density at radius 1 is 1.19 bits per heavy atom. The van der Waals surface area contributed by atoms with Gasteiger partial charge in [0.2, 0.25) is 0 Å². The zero-order valence-corrected chi connectivity index (χ0v) is 20.1. The van der Waals surface area contributed by atoms with Crippen molar-refractivity contribution in [3.8, 4) is 0 Å². The first-order chi connectivity index (χ1) is 15.6. The van der Waals surface area contributed by atoms with Crippen LogP contribution in [0.3, 0.4) is 0 Å². The highest BCUT2D eigenvalue weighted by Crippen LogP contribution is 2.31. The molecule has 1 aromatic heterocycles. The number of para-hydroxylation sites is 1. The molecule has 1 fully saturated rings. The van der Waals surface area contributed by atoms with Gasteiger partial charge < -0.3 is 10.2 Å². The highest BCUT2D eigenvalue weighted by atomic mass is 35.5. The number of likely N-dealkylation sites (tertiary alicyclic amines) is 1. The van der Waals surface area contributed by atoms with Crippen molar-refractivity contribution in [2.24, 2.45) is 0 Å². The molecule has 1 amide bonds. The highest BCUT2D eigenvalue weighted by Gasteiger charge is 2.20. The number of rotatable bonds is 8. The molecule has 6 heteroatoms. The molecule has 1 N–H and O–H groups in total. The van der Waals surface area contributed by atoms with Crippen molar-refractivity contribution in [1.82, 2.24) is 15.2 Å². The molecule has 1 saturated heterocycles. The van der Waals surface area contributed by atoms with E-state index in [-0.39, 0.29) is 5.91 Å². The summed E-state index contributed by atoms with van der Waals surface area (Å²) in [6.45, 7) is 5.19. The average molecular weight is 468 g/mol. The number of piperidine rings is 1. The van der Waals surface area contributed by atoms with Gasteiger partial charge in [-0.2, -0.15) is 0 Å². The second-order valence-corrected chi connectivity index (χ2v) is 9.82. The van der Waals surface area contributed by atoms with Crippen molar-refractivity contribution in [2.45, 2.75) is 55.0 Å². The fourth-order valence-corrected chi connectivity index (χ4v) is 5.59. The van der Waals surface area contributed by atoms with Crippen LogP contribution in [0.4, 0.5) is 0 Å². The zero-order chi connectivity index (χ0) is 22.3. The summed E-state index contributed by atoms with van der Waals surface area (Å²) in [7, 11) is 0. The van der Waals surface area contributed by atoms with E-state index in [0.29, 0.717) is 23.2 Å². The van der Waals surface area contributed by atoms with Gasteiger partial charge in [-0.05, 0) is 62.6 Å². The Bertz CT molecular complexity index is 1070. The first kappa shape index (κ1) is 23.1. The number of nitrogens with one attached hydrogen (secondary N) is 1. The van der Waals surface area contributed by atoms with Crippen LogP contribution < -0.4 is 5.32 Å². The lowest BCUT2D eigenvalue weighted by Crippen LogP contribution is -2.40. The third-order valence-electron chi connectivity index (χ3n) is 6.08. The van der Waals surface area contributed by atoms with Gasteiger partial charge in [0.05, 0.1) is 11.1 Å². The van der Waals surface area contributed by atoms with Crippen molar-refractivity contribution < 1.29 is 4.79 Å². The van der Waals surface area contributed by atoms with Crippen molar-refractivity contribution in [3.63, 3.8) is 0 Å². The number of carbonyl (C=O) groups excluding carboxylic acids is 1. The van der Waals surface area contributed by atoms with Gasteiger partial charge in [0.15, 0.2) is 0 Å². The summed E-state index contributed by atoms with van der Waals surface area (Å²) in [5, 5.41) is 5.49. The maximum absolute atomic E-state index is 13.1. The van der Waals surface area contributed by atoms with Gasteiger partial charge in [0.1, 0.15) is 5.03 Å². The molecule has 4 rings (SSSR count). The Kier molecular flexibility index (Phi) is 8.06. The summed E-state index contributed by atoms with van der Waals surface area (Å²) in [6, 6.07) is 18.1. The van der Waals surface area contributed by atoms with Gasteiger partial charge in [-0.3, -0.25) is 4.79 Å². The van der Waals surface area contributed by atoms with E-state index >= 15 is 0 Å². The molecular formula is C26H30ClN3OS. The molecule has 0 aliphatic carbocycles. The van der Waals surface area contributed by atoms with Crippen LogP contribution in [0.2, 0.25) is 5.02 Å². The summed E-state index contributed by atoms with van der Waals surface area (Å²) in [6.07, 6.45) is 6.12. The van der Waals surface area contributed by atoms with Crippen LogP contribution in [-0.4, -0.2) is 41.5 Å². The maximum atomic E-state index is 13.1. The number of hydrogen-bond acceptors (Lipinski definition) is 4. The molecule has 1 aliphatic heterocycles. The highest BCUT2D eigenvalue weighted by molar-refractivity contribution is 7.99. The van der Waals surface area contributed by atoms with Gasteiger partial charge in [0.25, 0.3) is 5.91 Å².